The summed E-state index contributed by atoms with van der Waals surface area (Å²) in [6, 6.07) is 10.1. The minimum atomic E-state index is -0.486. The number of carbonyl (C=O) groups excluding carboxylic acids is 2. The minimum Gasteiger partial charge on any atom is -0.370 e. The van der Waals surface area contributed by atoms with Gasteiger partial charge >= 0.3 is 0 Å². The summed E-state index contributed by atoms with van der Waals surface area (Å²) < 4.78 is 0. The molecule has 7 N–H and O–H groups in total. The van der Waals surface area contributed by atoms with Crippen molar-refractivity contribution in [2.45, 2.75) is 70.3 Å². The number of hydrogen-bond donors (Lipinski definition) is 4. The van der Waals surface area contributed by atoms with Crippen molar-refractivity contribution in [3.63, 3.8) is 0 Å². The molecule has 0 aromatic heterocycles. The first kappa shape index (κ1) is 27.0. The Hall–Kier alpha value is -2.61. The van der Waals surface area contributed by atoms with Gasteiger partial charge in [0.1, 0.15) is 6.04 Å². The molecular formula is C27H44N6O2. The van der Waals surface area contributed by atoms with Gasteiger partial charge in [0, 0.05) is 25.6 Å². The second-order valence-electron chi connectivity index (χ2n) is 10.3. The summed E-state index contributed by atoms with van der Waals surface area (Å²) in [6.45, 7) is 2.72. The number of amides is 2. The van der Waals surface area contributed by atoms with Gasteiger partial charge in [0.05, 0.1) is 0 Å². The molecule has 2 amide bonds. The first-order valence-corrected chi connectivity index (χ1v) is 13.3. The maximum atomic E-state index is 13.5. The predicted octanol–water partition coefficient (Wildman–Crippen LogP) is 2.16. The molecule has 1 saturated heterocycles. The first-order chi connectivity index (χ1) is 17.0. The van der Waals surface area contributed by atoms with Crippen LogP contribution in [0.15, 0.2) is 35.3 Å². The van der Waals surface area contributed by atoms with E-state index in [0.717, 1.165) is 70.9 Å². The fourth-order valence-electron chi connectivity index (χ4n) is 5.40. The number of nitrogens with zero attached hydrogens (tertiary/aromatic N) is 2. The number of rotatable bonds is 11. The number of hydrogen-bond acceptors (Lipinski definition) is 4. The van der Waals surface area contributed by atoms with Crippen molar-refractivity contribution in [1.29, 1.82) is 0 Å². The van der Waals surface area contributed by atoms with Crippen LogP contribution in [0.3, 0.4) is 0 Å². The van der Waals surface area contributed by atoms with Crippen LogP contribution in [0.2, 0.25) is 0 Å². The van der Waals surface area contributed by atoms with Crippen LogP contribution < -0.4 is 22.5 Å². The number of aliphatic imine (C=N–C) groups is 1. The molecule has 1 atom stereocenters. The predicted molar refractivity (Wildman–Crippen MR) is 140 cm³/mol. The highest BCUT2D eigenvalue weighted by Crippen LogP contribution is 2.28. The van der Waals surface area contributed by atoms with Crippen LogP contribution in [-0.4, -0.2) is 54.9 Å². The Morgan fingerprint density at radius 2 is 1.66 bits per heavy atom. The molecule has 1 saturated carbocycles. The van der Waals surface area contributed by atoms with Gasteiger partial charge in [-0.1, -0.05) is 30.3 Å². The van der Waals surface area contributed by atoms with Crippen molar-refractivity contribution in [1.82, 2.24) is 10.2 Å². The Kier molecular flexibility index (Phi) is 10.8. The van der Waals surface area contributed by atoms with Crippen molar-refractivity contribution < 1.29 is 9.59 Å². The van der Waals surface area contributed by atoms with Crippen molar-refractivity contribution in [3.8, 4) is 0 Å². The number of piperidine rings is 1. The third-order valence-corrected chi connectivity index (χ3v) is 7.65. The average molecular weight is 485 g/mol. The van der Waals surface area contributed by atoms with Crippen LogP contribution in [0.4, 0.5) is 0 Å². The molecule has 0 unspecified atom stereocenters. The van der Waals surface area contributed by atoms with E-state index < -0.39 is 6.04 Å². The van der Waals surface area contributed by atoms with Crippen molar-refractivity contribution in [3.05, 3.63) is 35.9 Å². The van der Waals surface area contributed by atoms with Gasteiger partial charge < -0.3 is 27.4 Å². The maximum absolute atomic E-state index is 13.5. The van der Waals surface area contributed by atoms with Gasteiger partial charge in [-0.2, -0.15) is 0 Å². The molecule has 0 radical (unpaired) electrons. The fraction of sp³-hybridized carbons (Fsp3) is 0.667. The van der Waals surface area contributed by atoms with Gasteiger partial charge in [0.15, 0.2) is 5.96 Å². The van der Waals surface area contributed by atoms with Crippen LogP contribution in [0, 0.1) is 17.8 Å². The number of likely N-dealkylation sites (tertiary alicyclic amines) is 1. The SMILES string of the molecule is NCC1CCC(C(=O)N[C@@H](CCCCN=C(N)N)C(=O)N2CCC(Cc3ccccc3)CC2)CC1. The highest BCUT2D eigenvalue weighted by Gasteiger charge is 2.32. The van der Waals surface area contributed by atoms with Gasteiger partial charge in [-0.25, -0.2) is 0 Å². The van der Waals surface area contributed by atoms with E-state index in [4.69, 9.17) is 17.2 Å². The van der Waals surface area contributed by atoms with Crippen LogP contribution in [0.1, 0.15) is 63.4 Å². The van der Waals surface area contributed by atoms with Gasteiger partial charge in [-0.15, -0.1) is 0 Å². The number of benzene rings is 1. The zero-order valence-corrected chi connectivity index (χ0v) is 21.0. The molecular weight excluding hydrogens is 440 g/mol. The normalized spacial score (nSPS) is 21.8. The lowest BCUT2D eigenvalue weighted by Gasteiger charge is -2.35. The Bertz CT molecular complexity index is 810. The zero-order valence-electron chi connectivity index (χ0n) is 21.0. The molecule has 35 heavy (non-hydrogen) atoms. The lowest BCUT2D eigenvalue weighted by molar-refractivity contribution is -0.139. The molecule has 3 rings (SSSR count). The second kappa shape index (κ2) is 14.1. The van der Waals surface area contributed by atoms with Crippen LogP contribution in [-0.2, 0) is 16.0 Å². The van der Waals surface area contributed by atoms with Crippen molar-refractivity contribution in [2.75, 3.05) is 26.2 Å². The molecule has 1 aliphatic carbocycles. The monoisotopic (exact) mass is 484 g/mol. The molecule has 8 nitrogen and oxygen atoms in total. The van der Waals surface area contributed by atoms with E-state index in [0.29, 0.717) is 31.3 Å². The molecule has 2 fully saturated rings. The van der Waals surface area contributed by atoms with Gasteiger partial charge in [-0.3, -0.25) is 14.6 Å². The molecule has 1 aliphatic heterocycles. The summed E-state index contributed by atoms with van der Waals surface area (Å²) in [6.07, 6.45) is 8.88. The van der Waals surface area contributed by atoms with E-state index in [9.17, 15) is 9.59 Å². The van der Waals surface area contributed by atoms with E-state index in [1.54, 1.807) is 0 Å². The third-order valence-electron chi connectivity index (χ3n) is 7.65. The molecule has 1 heterocycles. The van der Waals surface area contributed by atoms with Crippen molar-refractivity contribution >= 4 is 17.8 Å². The highest BCUT2D eigenvalue weighted by atomic mass is 16.2. The van der Waals surface area contributed by atoms with Gasteiger partial charge in [-0.05, 0) is 88.2 Å². The molecule has 1 aromatic rings. The molecule has 194 valence electrons. The summed E-state index contributed by atoms with van der Waals surface area (Å²) in [5.74, 6) is 1.23. The number of carbonyl (C=O) groups is 2. The third kappa shape index (κ3) is 8.84. The van der Waals surface area contributed by atoms with E-state index in [-0.39, 0.29) is 23.7 Å². The van der Waals surface area contributed by atoms with Crippen LogP contribution >= 0.6 is 0 Å². The quantitative estimate of drug-likeness (QED) is 0.216. The zero-order chi connectivity index (χ0) is 25.0. The number of nitrogens with two attached hydrogens (primary N) is 3. The number of guanidine groups is 1. The average Bonchev–Trinajstić information content (AvgIpc) is 2.88. The van der Waals surface area contributed by atoms with E-state index in [2.05, 4.69) is 34.6 Å². The molecule has 8 heteroatoms. The van der Waals surface area contributed by atoms with Gasteiger partial charge in [0.25, 0.3) is 0 Å². The smallest absolute Gasteiger partial charge is 0.245 e. The summed E-state index contributed by atoms with van der Waals surface area (Å²) in [7, 11) is 0. The van der Waals surface area contributed by atoms with Gasteiger partial charge in [0.2, 0.25) is 11.8 Å². The Morgan fingerprint density at radius 3 is 2.29 bits per heavy atom. The lowest BCUT2D eigenvalue weighted by atomic mass is 9.81. The van der Waals surface area contributed by atoms with Crippen LogP contribution in [0.5, 0.6) is 0 Å². The largest absolute Gasteiger partial charge is 0.370 e. The summed E-state index contributed by atoms with van der Waals surface area (Å²) in [4.78, 5) is 32.5. The highest BCUT2D eigenvalue weighted by molar-refractivity contribution is 5.88. The molecule has 1 aromatic carbocycles. The van der Waals surface area contributed by atoms with Crippen molar-refractivity contribution in [2.24, 2.45) is 39.9 Å². The molecule has 2 aliphatic rings. The number of unbranched alkanes of at least 4 members (excludes halogenated alkanes) is 1. The van der Waals surface area contributed by atoms with E-state index in [1.165, 1.54) is 5.56 Å². The van der Waals surface area contributed by atoms with Crippen LogP contribution in [0.25, 0.3) is 0 Å². The second-order valence-corrected chi connectivity index (χ2v) is 10.3. The van der Waals surface area contributed by atoms with E-state index in [1.807, 2.05) is 11.0 Å². The number of nitrogens with one attached hydrogen (secondary N) is 1. The fourth-order valence-corrected chi connectivity index (χ4v) is 5.40. The maximum Gasteiger partial charge on any atom is 0.245 e. The molecule has 0 spiro atoms. The lowest BCUT2D eigenvalue weighted by Crippen LogP contribution is -2.52. The Labute approximate surface area is 210 Å². The van der Waals surface area contributed by atoms with E-state index >= 15 is 0 Å². The summed E-state index contributed by atoms with van der Waals surface area (Å²) in [5.41, 5.74) is 18.0. The Morgan fingerprint density at radius 1 is 0.971 bits per heavy atom. The summed E-state index contributed by atoms with van der Waals surface area (Å²) in [5, 5.41) is 3.12. The minimum absolute atomic E-state index is 0.0157. The molecule has 0 bridgehead atoms. The first-order valence-electron chi connectivity index (χ1n) is 13.3. The standard InChI is InChI=1S/C27H44N6O2/c28-19-22-9-11-23(12-10-22)25(34)32-24(8-4-5-15-31-27(29)30)26(35)33-16-13-21(14-17-33)18-20-6-2-1-3-7-20/h1-3,6-7,21-24H,4-5,8-19,28H2,(H,32,34)(H4,29,30,31)/t22?,23?,24-/m0/s1. The topological polar surface area (TPSA) is 140 Å². The Balaban J connectivity index is 1.53. The summed E-state index contributed by atoms with van der Waals surface area (Å²) >= 11 is 0.